The fourth-order valence-electron chi connectivity index (χ4n) is 3.00. The van der Waals surface area contributed by atoms with Crippen molar-refractivity contribution in [3.05, 3.63) is 42.0 Å². The lowest BCUT2D eigenvalue weighted by Crippen LogP contribution is -2.56. The van der Waals surface area contributed by atoms with E-state index in [1.807, 2.05) is 47.4 Å². The molecule has 1 aromatic rings. The van der Waals surface area contributed by atoms with Gasteiger partial charge in [-0.05, 0) is 12.0 Å². The summed E-state index contributed by atoms with van der Waals surface area (Å²) in [6, 6.07) is 9.60. The summed E-state index contributed by atoms with van der Waals surface area (Å²) in [7, 11) is 0. The first-order valence-electron chi connectivity index (χ1n) is 8.40. The summed E-state index contributed by atoms with van der Waals surface area (Å²) < 4.78 is 0. The molecular weight excluding hydrogens is 306 g/mol. The van der Waals surface area contributed by atoms with E-state index >= 15 is 0 Å². The van der Waals surface area contributed by atoms with Gasteiger partial charge in [0.25, 0.3) is 0 Å². The van der Waals surface area contributed by atoms with Crippen molar-refractivity contribution in [2.75, 3.05) is 32.8 Å². The molecule has 0 aromatic heterocycles. The Hall–Kier alpha value is -2.18. The maximum atomic E-state index is 12.3. The Morgan fingerprint density at radius 2 is 2.12 bits per heavy atom. The van der Waals surface area contributed by atoms with E-state index in [0.29, 0.717) is 26.2 Å². The summed E-state index contributed by atoms with van der Waals surface area (Å²) in [5.74, 6) is -0.200. The molecule has 6 heteroatoms. The van der Waals surface area contributed by atoms with E-state index in [1.54, 1.807) is 0 Å². The smallest absolute Gasteiger partial charge is 0.248 e. The molecule has 128 valence electrons. The van der Waals surface area contributed by atoms with Gasteiger partial charge in [-0.1, -0.05) is 42.5 Å². The summed E-state index contributed by atoms with van der Waals surface area (Å²) in [6.45, 7) is 3.18. The highest BCUT2D eigenvalue weighted by atomic mass is 16.7. The van der Waals surface area contributed by atoms with Crippen LogP contribution in [0, 0.1) is 0 Å². The second-order valence-corrected chi connectivity index (χ2v) is 6.00. The third-order valence-electron chi connectivity index (χ3n) is 4.29. The molecule has 1 atom stereocenters. The number of benzene rings is 1. The van der Waals surface area contributed by atoms with Crippen LogP contribution < -0.4 is 5.32 Å². The van der Waals surface area contributed by atoms with Gasteiger partial charge in [0.05, 0.1) is 25.6 Å². The van der Waals surface area contributed by atoms with Gasteiger partial charge in [-0.15, -0.1) is 0 Å². The summed E-state index contributed by atoms with van der Waals surface area (Å²) in [5.41, 5.74) is 1.12. The summed E-state index contributed by atoms with van der Waals surface area (Å²) in [4.78, 5) is 31.8. The molecule has 2 saturated heterocycles. The SMILES string of the molecule is O=C1NCCN(C/C=C/c2ccccc2)C1CC(=O)N1CCCO1. The molecule has 0 saturated carbocycles. The number of carbonyl (C=O) groups excluding carboxylic acids is 2. The number of rotatable bonds is 5. The molecule has 2 amide bonds. The minimum atomic E-state index is -0.434. The number of carbonyl (C=O) groups is 2. The van der Waals surface area contributed by atoms with Gasteiger partial charge in [-0.2, -0.15) is 0 Å². The van der Waals surface area contributed by atoms with Gasteiger partial charge in [0, 0.05) is 19.6 Å². The minimum absolute atomic E-state index is 0.0816. The van der Waals surface area contributed by atoms with E-state index in [2.05, 4.69) is 5.32 Å². The molecule has 3 rings (SSSR count). The molecule has 0 bridgehead atoms. The van der Waals surface area contributed by atoms with Crippen LogP contribution in [0.5, 0.6) is 0 Å². The van der Waals surface area contributed by atoms with Crippen LogP contribution in [0.25, 0.3) is 6.08 Å². The molecule has 0 spiro atoms. The standard InChI is InChI=1S/C18H23N3O3/c22-17(21-11-5-13-24-21)14-16-18(23)19-9-12-20(16)10-4-8-15-6-2-1-3-7-15/h1-4,6-8,16H,5,9-14H2,(H,19,23)/b8-4+. The first kappa shape index (κ1) is 16.7. The molecule has 2 aliphatic heterocycles. The zero-order valence-corrected chi connectivity index (χ0v) is 13.7. The molecule has 2 aliphatic rings. The van der Waals surface area contributed by atoms with Crippen LogP contribution in [-0.2, 0) is 14.4 Å². The van der Waals surface area contributed by atoms with E-state index < -0.39 is 6.04 Å². The number of nitrogens with zero attached hydrogens (tertiary/aromatic N) is 2. The average molecular weight is 329 g/mol. The van der Waals surface area contributed by atoms with Crippen molar-refractivity contribution in [1.82, 2.24) is 15.3 Å². The van der Waals surface area contributed by atoms with Gasteiger partial charge in [-0.25, -0.2) is 5.06 Å². The van der Waals surface area contributed by atoms with Gasteiger partial charge >= 0.3 is 0 Å². The maximum absolute atomic E-state index is 12.3. The van der Waals surface area contributed by atoms with E-state index in [0.717, 1.165) is 18.5 Å². The molecule has 24 heavy (non-hydrogen) atoms. The fourth-order valence-corrected chi connectivity index (χ4v) is 3.00. The highest BCUT2D eigenvalue weighted by molar-refractivity contribution is 5.88. The van der Waals surface area contributed by atoms with Crippen molar-refractivity contribution >= 4 is 17.9 Å². The van der Waals surface area contributed by atoms with Crippen LogP contribution in [-0.4, -0.2) is 60.6 Å². The Labute approximate surface area is 142 Å². The number of amides is 2. The van der Waals surface area contributed by atoms with Crippen LogP contribution in [0.4, 0.5) is 0 Å². The molecule has 1 aromatic carbocycles. The van der Waals surface area contributed by atoms with Gasteiger partial charge in [0.2, 0.25) is 11.8 Å². The Balaban J connectivity index is 1.60. The van der Waals surface area contributed by atoms with Crippen molar-refractivity contribution in [1.29, 1.82) is 0 Å². The molecule has 1 N–H and O–H groups in total. The van der Waals surface area contributed by atoms with Gasteiger partial charge in [0.15, 0.2) is 0 Å². The van der Waals surface area contributed by atoms with E-state index in [9.17, 15) is 9.59 Å². The van der Waals surface area contributed by atoms with E-state index in [-0.39, 0.29) is 18.2 Å². The monoisotopic (exact) mass is 329 g/mol. The minimum Gasteiger partial charge on any atom is -0.353 e. The van der Waals surface area contributed by atoms with Crippen molar-refractivity contribution in [2.24, 2.45) is 0 Å². The molecule has 1 unspecified atom stereocenters. The van der Waals surface area contributed by atoms with Crippen LogP contribution in [0.1, 0.15) is 18.4 Å². The third kappa shape index (κ3) is 4.21. The summed E-state index contributed by atoms with van der Waals surface area (Å²) in [6.07, 6.45) is 5.09. The lowest BCUT2D eigenvalue weighted by atomic mass is 10.1. The third-order valence-corrected chi connectivity index (χ3v) is 4.29. The van der Waals surface area contributed by atoms with Gasteiger partial charge < -0.3 is 5.32 Å². The van der Waals surface area contributed by atoms with E-state index in [1.165, 1.54) is 5.06 Å². The first-order valence-corrected chi connectivity index (χ1v) is 8.40. The van der Waals surface area contributed by atoms with Crippen LogP contribution in [0.15, 0.2) is 36.4 Å². The highest BCUT2D eigenvalue weighted by Crippen LogP contribution is 2.14. The summed E-state index contributed by atoms with van der Waals surface area (Å²) >= 11 is 0. The zero-order valence-electron chi connectivity index (χ0n) is 13.7. The van der Waals surface area contributed by atoms with Crippen LogP contribution in [0.3, 0.4) is 0 Å². The predicted molar refractivity (Wildman–Crippen MR) is 90.7 cm³/mol. The number of piperazine rings is 1. The summed E-state index contributed by atoms with van der Waals surface area (Å²) in [5, 5.41) is 4.24. The number of hydrogen-bond donors (Lipinski definition) is 1. The van der Waals surface area contributed by atoms with E-state index in [4.69, 9.17) is 4.84 Å². The maximum Gasteiger partial charge on any atom is 0.248 e. The molecule has 6 nitrogen and oxygen atoms in total. The van der Waals surface area contributed by atoms with Gasteiger partial charge in [0.1, 0.15) is 0 Å². The van der Waals surface area contributed by atoms with Crippen LogP contribution in [0.2, 0.25) is 0 Å². The zero-order chi connectivity index (χ0) is 16.8. The average Bonchev–Trinajstić information content (AvgIpc) is 3.13. The molecular formula is C18H23N3O3. The topological polar surface area (TPSA) is 61.9 Å². The Bertz CT molecular complexity index is 597. The lowest BCUT2D eigenvalue weighted by Gasteiger charge is -2.34. The molecule has 2 heterocycles. The van der Waals surface area contributed by atoms with Crippen molar-refractivity contribution in [3.63, 3.8) is 0 Å². The van der Waals surface area contributed by atoms with Crippen molar-refractivity contribution in [2.45, 2.75) is 18.9 Å². The number of hydroxylamine groups is 2. The molecule has 2 fully saturated rings. The Morgan fingerprint density at radius 3 is 2.88 bits per heavy atom. The number of hydrogen-bond acceptors (Lipinski definition) is 4. The van der Waals surface area contributed by atoms with Crippen LogP contribution >= 0.6 is 0 Å². The second-order valence-electron chi connectivity index (χ2n) is 6.00. The fraction of sp³-hybridized carbons (Fsp3) is 0.444. The Kier molecular flexibility index (Phi) is 5.61. The predicted octanol–water partition coefficient (Wildman–Crippen LogP) is 1.05. The number of nitrogens with one attached hydrogen (secondary N) is 1. The van der Waals surface area contributed by atoms with Crippen molar-refractivity contribution < 1.29 is 14.4 Å². The second kappa shape index (κ2) is 8.08. The molecule has 0 aliphatic carbocycles. The molecule has 0 radical (unpaired) electrons. The highest BCUT2D eigenvalue weighted by Gasteiger charge is 2.33. The van der Waals surface area contributed by atoms with Gasteiger partial charge in [-0.3, -0.25) is 19.3 Å². The normalized spacial score (nSPS) is 22.1. The Morgan fingerprint density at radius 1 is 1.29 bits per heavy atom. The van der Waals surface area contributed by atoms with Crippen molar-refractivity contribution in [3.8, 4) is 0 Å². The quantitative estimate of drug-likeness (QED) is 0.877. The lowest BCUT2D eigenvalue weighted by molar-refractivity contribution is -0.171. The largest absolute Gasteiger partial charge is 0.353 e. The first-order chi connectivity index (χ1) is 11.7.